The van der Waals surface area contributed by atoms with Crippen molar-refractivity contribution in [2.75, 3.05) is 6.61 Å². The quantitative estimate of drug-likeness (QED) is 0.686. The first-order valence-corrected chi connectivity index (χ1v) is 6.14. The first-order chi connectivity index (χ1) is 7.31. The molecular formula is C15H32O. The van der Waals surface area contributed by atoms with Crippen molar-refractivity contribution in [2.45, 2.75) is 54.9 Å². The van der Waals surface area contributed by atoms with E-state index in [-0.39, 0.29) is 0 Å². The van der Waals surface area contributed by atoms with Gasteiger partial charge in [0.2, 0.25) is 0 Å². The zero-order valence-electron chi connectivity index (χ0n) is 12.4. The van der Waals surface area contributed by atoms with Crippen LogP contribution in [0.25, 0.3) is 0 Å². The van der Waals surface area contributed by atoms with Gasteiger partial charge in [0, 0.05) is 6.61 Å². The van der Waals surface area contributed by atoms with Gasteiger partial charge in [-0.05, 0) is 39.0 Å². The van der Waals surface area contributed by atoms with E-state index in [0.717, 1.165) is 6.42 Å². The number of hydrogen-bond donors (Lipinski definition) is 1. The second kappa shape index (κ2) is 16.9. The summed E-state index contributed by atoms with van der Waals surface area (Å²) in [6, 6.07) is 0. The monoisotopic (exact) mass is 228 g/mol. The molecule has 0 aromatic heterocycles. The van der Waals surface area contributed by atoms with Crippen molar-refractivity contribution in [1.29, 1.82) is 0 Å². The van der Waals surface area contributed by atoms with Crippen molar-refractivity contribution < 1.29 is 5.11 Å². The van der Waals surface area contributed by atoms with Gasteiger partial charge in [0.1, 0.15) is 0 Å². The van der Waals surface area contributed by atoms with E-state index in [1.54, 1.807) is 0 Å². The second-order valence-corrected chi connectivity index (χ2v) is 4.75. The first-order valence-electron chi connectivity index (χ1n) is 6.14. The summed E-state index contributed by atoms with van der Waals surface area (Å²) in [5, 5.41) is 8.24. The zero-order chi connectivity index (χ0) is 13.6. The van der Waals surface area contributed by atoms with Crippen molar-refractivity contribution in [2.24, 2.45) is 11.8 Å². The van der Waals surface area contributed by atoms with Gasteiger partial charge in [-0.3, -0.25) is 0 Å². The minimum Gasteiger partial charge on any atom is -0.396 e. The van der Waals surface area contributed by atoms with Crippen LogP contribution in [0.1, 0.15) is 54.9 Å². The summed E-state index contributed by atoms with van der Waals surface area (Å²) < 4.78 is 0. The maximum absolute atomic E-state index is 8.24. The van der Waals surface area contributed by atoms with Crippen molar-refractivity contribution >= 4 is 0 Å². The average molecular weight is 228 g/mol. The van der Waals surface area contributed by atoms with E-state index in [1.807, 2.05) is 13.0 Å². The van der Waals surface area contributed by atoms with Crippen LogP contribution in [0.3, 0.4) is 0 Å². The average Bonchev–Trinajstić information content (AvgIpc) is 2.19. The van der Waals surface area contributed by atoms with Crippen LogP contribution in [0.5, 0.6) is 0 Å². The lowest BCUT2D eigenvalue weighted by Gasteiger charge is -1.95. The Hall–Kier alpha value is -0.560. The second-order valence-electron chi connectivity index (χ2n) is 4.75. The topological polar surface area (TPSA) is 20.2 Å². The number of rotatable bonds is 3. The summed E-state index contributed by atoms with van der Waals surface area (Å²) in [5.74, 6) is 1.30. The third-order valence-corrected chi connectivity index (χ3v) is 1.76. The van der Waals surface area contributed by atoms with E-state index in [4.69, 9.17) is 5.11 Å². The van der Waals surface area contributed by atoms with Crippen LogP contribution in [0.15, 0.2) is 24.3 Å². The maximum atomic E-state index is 8.24. The van der Waals surface area contributed by atoms with Gasteiger partial charge in [-0.1, -0.05) is 45.4 Å². The molecule has 0 atom stereocenters. The van der Waals surface area contributed by atoms with Crippen LogP contribution in [0.2, 0.25) is 0 Å². The maximum Gasteiger partial charge on any atom is 0.0433 e. The first kappa shape index (κ1) is 20.8. The molecule has 0 amide bonds. The lowest BCUT2D eigenvalue weighted by Crippen LogP contribution is -1.89. The molecule has 0 aromatic carbocycles. The van der Waals surface area contributed by atoms with Gasteiger partial charge < -0.3 is 5.11 Å². The van der Waals surface area contributed by atoms with Crippen molar-refractivity contribution in [3.8, 4) is 0 Å². The number of aliphatic hydroxyl groups is 1. The van der Waals surface area contributed by atoms with E-state index < -0.39 is 0 Å². The van der Waals surface area contributed by atoms with Gasteiger partial charge >= 0.3 is 0 Å². The lowest BCUT2D eigenvalue weighted by atomic mass is 10.2. The van der Waals surface area contributed by atoms with E-state index in [0.29, 0.717) is 18.4 Å². The summed E-state index contributed by atoms with van der Waals surface area (Å²) in [5.41, 5.74) is 1.38. The van der Waals surface area contributed by atoms with E-state index >= 15 is 0 Å². The molecule has 1 N–H and O–H groups in total. The fraction of sp³-hybridized carbons (Fsp3) is 0.733. The smallest absolute Gasteiger partial charge is 0.0433 e. The highest BCUT2D eigenvalue weighted by Gasteiger charge is 1.86. The Morgan fingerprint density at radius 2 is 1.50 bits per heavy atom. The van der Waals surface area contributed by atoms with Gasteiger partial charge in [0.15, 0.2) is 0 Å². The van der Waals surface area contributed by atoms with Gasteiger partial charge in [0.25, 0.3) is 0 Å². The van der Waals surface area contributed by atoms with Crippen LogP contribution >= 0.6 is 0 Å². The molecule has 98 valence electrons. The number of hydrogen-bond acceptors (Lipinski definition) is 1. The number of allylic oxidation sites excluding steroid dienone is 3. The molecule has 0 bridgehead atoms. The van der Waals surface area contributed by atoms with Gasteiger partial charge in [-0.2, -0.15) is 0 Å². The molecule has 0 aliphatic rings. The molecule has 0 heterocycles. The summed E-state index contributed by atoms with van der Waals surface area (Å²) in [7, 11) is 0. The Bertz CT molecular complexity index is 151. The normalized spacial score (nSPS) is 8.62. The minimum absolute atomic E-state index is 0.331. The molecule has 1 nitrogen and oxygen atoms in total. The SMILES string of the molecule is C=CC(C)C.CC(C)CCO.CC=C(C)C. The van der Waals surface area contributed by atoms with Crippen LogP contribution in [-0.4, -0.2) is 11.7 Å². The minimum atomic E-state index is 0.331. The highest BCUT2D eigenvalue weighted by molar-refractivity contribution is 4.88. The van der Waals surface area contributed by atoms with Crippen LogP contribution in [0.4, 0.5) is 0 Å². The molecule has 0 radical (unpaired) electrons. The van der Waals surface area contributed by atoms with Crippen LogP contribution in [0, 0.1) is 11.8 Å². The van der Waals surface area contributed by atoms with Gasteiger partial charge in [-0.25, -0.2) is 0 Å². The van der Waals surface area contributed by atoms with Gasteiger partial charge in [-0.15, -0.1) is 6.58 Å². The number of aliphatic hydroxyl groups excluding tert-OH is 1. The fourth-order valence-electron chi connectivity index (χ4n) is 0.258. The molecule has 0 saturated heterocycles. The highest BCUT2D eigenvalue weighted by Crippen LogP contribution is 1.94. The molecule has 0 rings (SSSR count). The van der Waals surface area contributed by atoms with E-state index in [2.05, 4.69) is 54.2 Å². The predicted octanol–water partition coefficient (Wildman–Crippen LogP) is 4.83. The molecule has 0 aromatic rings. The summed E-state index contributed by atoms with van der Waals surface area (Å²) in [4.78, 5) is 0. The standard InChI is InChI=1S/C5H12O.2C5H10/c1-5(2)3-4-6;2*1-4-5(2)3/h5-6H,3-4H2,1-2H3;4H,1-3H3;4-5H,1H2,2-3H3. The predicted molar refractivity (Wildman–Crippen MR) is 76.7 cm³/mol. The molecule has 0 fully saturated rings. The summed E-state index contributed by atoms with van der Waals surface area (Å²) >= 11 is 0. The third kappa shape index (κ3) is 50.1. The highest BCUT2D eigenvalue weighted by atomic mass is 16.2. The molecule has 0 unspecified atom stereocenters. The van der Waals surface area contributed by atoms with Crippen molar-refractivity contribution in [3.05, 3.63) is 24.3 Å². The Balaban J connectivity index is -0.000000160. The molecule has 0 spiro atoms. The van der Waals surface area contributed by atoms with Crippen LogP contribution < -0.4 is 0 Å². The zero-order valence-corrected chi connectivity index (χ0v) is 12.4. The summed E-state index contributed by atoms with van der Waals surface area (Å²) in [6.45, 7) is 18.5. The summed E-state index contributed by atoms with van der Waals surface area (Å²) in [6.07, 6.45) is 4.93. The van der Waals surface area contributed by atoms with Crippen molar-refractivity contribution in [1.82, 2.24) is 0 Å². The Morgan fingerprint density at radius 3 is 1.50 bits per heavy atom. The van der Waals surface area contributed by atoms with Crippen molar-refractivity contribution in [3.63, 3.8) is 0 Å². The lowest BCUT2D eigenvalue weighted by molar-refractivity contribution is 0.268. The fourth-order valence-corrected chi connectivity index (χ4v) is 0.258. The Morgan fingerprint density at radius 1 is 1.19 bits per heavy atom. The molecular weight excluding hydrogens is 196 g/mol. The third-order valence-electron chi connectivity index (χ3n) is 1.76. The molecule has 1 heteroatoms. The largest absolute Gasteiger partial charge is 0.396 e. The molecule has 16 heavy (non-hydrogen) atoms. The van der Waals surface area contributed by atoms with E-state index in [9.17, 15) is 0 Å². The van der Waals surface area contributed by atoms with Gasteiger partial charge in [0.05, 0.1) is 0 Å². The van der Waals surface area contributed by atoms with E-state index in [1.165, 1.54) is 5.57 Å². The van der Waals surface area contributed by atoms with Crippen LogP contribution in [-0.2, 0) is 0 Å². The Kier molecular flexibility index (Phi) is 21.9. The molecule has 0 saturated carbocycles. The molecule has 0 aliphatic heterocycles. The Labute approximate surface area is 103 Å². The molecule has 0 aliphatic carbocycles.